The van der Waals surface area contributed by atoms with Gasteiger partial charge in [-0.1, -0.05) is 50.1 Å². The molecule has 1 aromatic rings. The summed E-state index contributed by atoms with van der Waals surface area (Å²) in [5.74, 6) is 0.336. The molecule has 1 heterocycles. The molecule has 0 aromatic carbocycles. The lowest BCUT2D eigenvalue weighted by atomic mass is 9.84. The summed E-state index contributed by atoms with van der Waals surface area (Å²) in [5.41, 5.74) is -0.537. The van der Waals surface area contributed by atoms with Gasteiger partial charge in [-0.25, -0.2) is 0 Å². The van der Waals surface area contributed by atoms with E-state index >= 15 is 0 Å². The summed E-state index contributed by atoms with van der Waals surface area (Å²) >= 11 is 0. The molecule has 1 fully saturated rings. The quantitative estimate of drug-likeness (QED) is 0.611. The standard InChI is InChI=1S/C21H35N3O4/c1-21(2,3)27-17(25)14-16(13-9-12-15-10-7-6-8-11-15)19-22-18(23-28-19)20(26)24(4)5/h15-16H,6-14H2,1-5H3. The van der Waals surface area contributed by atoms with Crippen LogP contribution in [-0.2, 0) is 9.53 Å². The lowest BCUT2D eigenvalue weighted by molar-refractivity contribution is -0.155. The molecule has 0 spiro atoms. The zero-order valence-electron chi connectivity index (χ0n) is 18.0. The number of hydrogen-bond acceptors (Lipinski definition) is 6. The number of hydrogen-bond donors (Lipinski definition) is 0. The fraction of sp³-hybridized carbons (Fsp3) is 0.810. The fourth-order valence-corrected chi connectivity index (χ4v) is 3.71. The zero-order chi connectivity index (χ0) is 20.7. The third kappa shape index (κ3) is 7.24. The van der Waals surface area contributed by atoms with Gasteiger partial charge in [0.05, 0.1) is 6.42 Å². The minimum atomic E-state index is -0.537. The van der Waals surface area contributed by atoms with Gasteiger partial charge < -0.3 is 14.2 Å². The summed E-state index contributed by atoms with van der Waals surface area (Å²) < 4.78 is 10.8. The average molecular weight is 394 g/mol. The number of esters is 1. The molecule has 0 radical (unpaired) electrons. The molecule has 2 rings (SSSR count). The van der Waals surface area contributed by atoms with Gasteiger partial charge in [0.15, 0.2) is 0 Å². The van der Waals surface area contributed by atoms with Gasteiger partial charge in [0, 0.05) is 20.0 Å². The SMILES string of the molecule is CN(C)C(=O)c1noc(C(CCCC2CCCCC2)CC(=O)OC(C)(C)C)n1. The number of nitrogens with zero attached hydrogens (tertiary/aromatic N) is 3. The molecule has 0 saturated heterocycles. The number of ether oxygens (including phenoxy) is 1. The molecule has 0 bridgehead atoms. The Hall–Kier alpha value is -1.92. The molecule has 0 aliphatic heterocycles. The highest BCUT2D eigenvalue weighted by Gasteiger charge is 2.27. The molecule has 1 aromatic heterocycles. The van der Waals surface area contributed by atoms with Crippen molar-refractivity contribution in [1.29, 1.82) is 0 Å². The Bertz CT molecular complexity index is 642. The van der Waals surface area contributed by atoms with E-state index < -0.39 is 5.60 Å². The van der Waals surface area contributed by atoms with Gasteiger partial charge in [0.25, 0.3) is 11.7 Å². The Balaban J connectivity index is 2.02. The first kappa shape index (κ1) is 22.4. The number of amides is 1. The van der Waals surface area contributed by atoms with E-state index in [1.807, 2.05) is 20.8 Å². The lowest BCUT2D eigenvalue weighted by Crippen LogP contribution is -2.25. The van der Waals surface area contributed by atoms with E-state index in [-0.39, 0.29) is 30.0 Å². The van der Waals surface area contributed by atoms with Gasteiger partial charge >= 0.3 is 5.97 Å². The second kappa shape index (κ2) is 10.0. The second-order valence-corrected chi connectivity index (χ2v) is 9.08. The van der Waals surface area contributed by atoms with E-state index in [0.717, 1.165) is 25.2 Å². The predicted molar refractivity (Wildman–Crippen MR) is 106 cm³/mol. The molecule has 28 heavy (non-hydrogen) atoms. The van der Waals surface area contributed by atoms with Crippen LogP contribution < -0.4 is 0 Å². The van der Waals surface area contributed by atoms with Gasteiger partial charge in [-0.3, -0.25) is 9.59 Å². The van der Waals surface area contributed by atoms with E-state index in [0.29, 0.717) is 5.89 Å². The molecular weight excluding hydrogens is 358 g/mol. The van der Waals surface area contributed by atoms with Crippen LogP contribution in [0.15, 0.2) is 4.52 Å². The van der Waals surface area contributed by atoms with Crippen LogP contribution in [-0.4, -0.2) is 46.6 Å². The van der Waals surface area contributed by atoms with Crippen LogP contribution in [0.5, 0.6) is 0 Å². The Labute approximate surface area is 168 Å². The van der Waals surface area contributed by atoms with Gasteiger partial charge in [-0.05, 0) is 33.1 Å². The van der Waals surface area contributed by atoms with E-state index in [9.17, 15) is 9.59 Å². The monoisotopic (exact) mass is 393 g/mol. The minimum Gasteiger partial charge on any atom is -0.460 e. The summed E-state index contributed by atoms with van der Waals surface area (Å²) in [5, 5.41) is 3.81. The zero-order valence-corrected chi connectivity index (χ0v) is 18.0. The Morgan fingerprint density at radius 1 is 1.21 bits per heavy atom. The van der Waals surface area contributed by atoms with Crippen molar-refractivity contribution in [3.63, 3.8) is 0 Å². The van der Waals surface area contributed by atoms with Crippen LogP contribution in [0.3, 0.4) is 0 Å². The van der Waals surface area contributed by atoms with E-state index in [1.165, 1.54) is 37.0 Å². The maximum atomic E-state index is 12.4. The minimum absolute atomic E-state index is 0.0291. The van der Waals surface area contributed by atoms with Crippen LogP contribution in [0.1, 0.15) is 101 Å². The topological polar surface area (TPSA) is 85.5 Å². The third-order valence-corrected chi connectivity index (χ3v) is 5.11. The van der Waals surface area contributed by atoms with Crippen LogP contribution in [0.4, 0.5) is 0 Å². The Kier molecular flexibility index (Phi) is 8.01. The molecule has 1 atom stereocenters. The molecule has 1 aliphatic carbocycles. The van der Waals surface area contributed by atoms with Crippen LogP contribution >= 0.6 is 0 Å². The van der Waals surface area contributed by atoms with Crippen LogP contribution in [0.25, 0.3) is 0 Å². The highest BCUT2D eigenvalue weighted by Crippen LogP contribution is 2.31. The first-order valence-electron chi connectivity index (χ1n) is 10.4. The first-order chi connectivity index (χ1) is 13.2. The molecule has 1 aliphatic rings. The smallest absolute Gasteiger partial charge is 0.307 e. The summed E-state index contributed by atoms with van der Waals surface area (Å²) in [4.78, 5) is 30.1. The molecular formula is C21H35N3O4. The maximum absolute atomic E-state index is 12.4. The van der Waals surface area contributed by atoms with Gasteiger partial charge in [-0.2, -0.15) is 4.98 Å². The molecule has 1 amide bonds. The lowest BCUT2D eigenvalue weighted by Gasteiger charge is -2.23. The molecule has 7 nitrogen and oxygen atoms in total. The summed E-state index contributed by atoms with van der Waals surface area (Å²) in [6.07, 6.45) is 9.71. The highest BCUT2D eigenvalue weighted by atomic mass is 16.6. The Morgan fingerprint density at radius 3 is 2.50 bits per heavy atom. The summed E-state index contributed by atoms with van der Waals surface area (Å²) in [6.45, 7) is 5.55. The van der Waals surface area contributed by atoms with E-state index in [1.54, 1.807) is 14.1 Å². The van der Waals surface area contributed by atoms with Crippen molar-refractivity contribution in [2.24, 2.45) is 5.92 Å². The predicted octanol–water partition coefficient (Wildman–Crippen LogP) is 4.34. The summed E-state index contributed by atoms with van der Waals surface area (Å²) in [7, 11) is 3.28. The van der Waals surface area contributed by atoms with Crippen molar-refractivity contribution in [3.05, 3.63) is 11.7 Å². The largest absolute Gasteiger partial charge is 0.460 e. The number of rotatable bonds is 8. The first-order valence-corrected chi connectivity index (χ1v) is 10.4. The second-order valence-electron chi connectivity index (χ2n) is 9.08. The van der Waals surface area contributed by atoms with Crippen molar-refractivity contribution in [3.8, 4) is 0 Å². The van der Waals surface area contributed by atoms with Gasteiger partial charge in [0.2, 0.25) is 5.89 Å². The maximum Gasteiger partial charge on any atom is 0.307 e. The fourth-order valence-electron chi connectivity index (χ4n) is 3.71. The number of carbonyl (C=O) groups is 2. The highest BCUT2D eigenvalue weighted by molar-refractivity contribution is 5.89. The molecule has 0 N–H and O–H groups in total. The number of aromatic nitrogens is 2. The summed E-state index contributed by atoms with van der Waals surface area (Å²) in [6, 6.07) is 0. The van der Waals surface area contributed by atoms with Crippen LogP contribution in [0.2, 0.25) is 0 Å². The molecule has 158 valence electrons. The number of carbonyl (C=O) groups excluding carboxylic acids is 2. The normalized spacial score (nSPS) is 16.6. The molecule has 1 saturated carbocycles. The van der Waals surface area contributed by atoms with Gasteiger partial charge in [-0.15, -0.1) is 0 Å². The van der Waals surface area contributed by atoms with Crippen molar-refractivity contribution in [2.75, 3.05) is 14.1 Å². The average Bonchev–Trinajstić information content (AvgIpc) is 3.09. The van der Waals surface area contributed by atoms with Crippen molar-refractivity contribution in [2.45, 2.75) is 90.1 Å². The third-order valence-electron chi connectivity index (χ3n) is 5.11. The Morgan fingerprint density at radius 2 is 1.89 bits per heavy atom. The van der Waals surface area contributed by atoms with Crippen molar-refractivity contribution in [1.82, 2.24) is 15.0 Å². The molecule has 1 unspecified atom stereocenters. The van der Waals surface area contributed by atoms with Crippen LogP contribution in [0, 0.1) is 5.92 Å². The molecule has 7 heteroatoms. The van der Waals surface area contributed by atoms with Crippen molar-refractivity contribution < 1.29 is 18.8 Å². The van der Waals surface area contributed by atoms with E-state index in [4.69, 9.17) is 9.26 Å². The van der Waals surface area contributed by atoms with Gasteiger partial charge in [0.1, 0.15) is 5.60 Å². The van der Waals surface area contributed by atoms with Crippen molar-refractivity contribution >= 4 is 11.9 Å². The van der Waals surface area contributed by atoms with E-state index in [2.05, 4.69) is 10.1 Å².